The quantitative estimate of drug-likeness (QED) is 0.518. The molecule has 0 aliphatic carbocycles. The maximum atomic E-state index is 4.70. The van der Waals surface area contributed by atoms with Gasteiger partial charge in [0.05, 0.1) is 11.4 Å². The maximum absolute atomic E-state index is 4.70. The molecule has 2 aliphatic rings. The fourth-order valence-electron chi connectivity index (χ4n) is 2.57. The summed E-state index contributed by atoms with van der Waals surface area (Å²) in [5, 5.41) is 9.01. The van der Waals surface area contributed by atoms with Gasteiger partial charge in [0.25, 0.3) is 0 Å². The Bertz CT molecular complexity index is 982. The minimum absolute atomic E-state index is 0. The number of rotatable bonds is 3. The summed E-state index contributed by atoms with van der Waals surface area (Å²) >= 11 is 0. The zero-order valence-corrected chi connectivity index (χ0v) is 16.6. The molecule has 2 aliphatic heterocycles. The molecule has 0 spiro atoms. The SMILES string of the molecule is C1=C[N-]/C(=C\c2cccc(C3=CC=C/C(=C/c4ccccn4)[N-]3)n2)C=C1.[Pt+2]. The van der Waals surface area contributed by atoms with E-state index < -0.39 is 0 Å². The van der Waals surface area contributed by atoms with Crippen LogP contribution < -0.4 is 0 Å². The first-order valence-corrected chi connectivity index (χ1v) is 8.33. The fourth-order valence-corrected chi connectivity index (χ4v) is 2.57. The van der Waals surface area contributed by atoms with Crippen molar-refractivity contribution in [3.63, 3.8) is 0 Å². The Labute approximate surface area is 173 Å². The molecule has 0 bridgehead atoms. The monoisotopic (exact) mass is 531 g/mol. The van der Waals surface area contributed by atoms with Gasteiger partial charge in [-0.25, -0.2) is 0 Å². The molecule has 2 aromatic rings. The molecule has 4 rings (SSSR count). The molecule has 0 amide bonds. The van der Waals surface area contributed by atoms with Crippen molar-refractivity contribution in [1.29, 1.82) is 0 Å². The molecule has 0 fully saturated rings. The number of nitrogens with zero attached hydrogens (tertiary/aromatic N) is 4. The summed E-state index contributed by atoms with van der Waals surface area (Å²) in [4.78, 5) is 9.01. The molecule has 5 heteroatoms. The van der Waals surface area contributed by atoms with E-state index in [0.717, 1.165) is 34.2 Å². The Hall–Kier alpha value is -2.97. The van der Waals surface area contributed by atoms with Crippen LogP contribution in [0.3, 0.4) is 0 Å². The topological polar surface area (TPSA) is 54.0 Å². The van der Waals surface area contributed by atoms with Crippen LogP contribution in [0.15, 0.2) is 96.6 Å². The number of allylic oxidation sites excluding steroid dienone is 6. The van der Waals surface area contributed by atoms with Crippen molar-refractivity contribution in [2.75, 3.05) is 0 Å². The molecule has 0 radical (unpaired) electrons. The van der Waals surface area contributed by atoms with E-state index in [-0.39, 0.29) is 21.1 Å². The van der Waals surface area contributed by atoms with Crippen LogP contribution in [0, 0.1) is 0 Å². The summed E-state index contributed by atoms with van der Waals surface area (Å²) in [7, 11) is 0. The molecular weight excluding hydrogens is 515 g/mol. The molecule has 0 unspecified atom stereocenters. The first-order valence-electron chi connectivity index (χ1n) is 8.33. The van der Waals surface area contributed by atoms with E-state index in [0.29, 0.717) is 0 Å². The van der Waals surface area contributed by atoms with Crippen LogP contribution in [0.5, 0.6) is 0 Å². The summed E-state index contributed by atoms with van der Waals surface area (Å²) in [5.74, 6) is 0. The first-order chi connectivity index (χ1) is 12.9. The van der Waals surface area contributed by atoms with Crippen molar-refractivity contribution in [3.8, 4) is 0 Å². The second-order valence-electron chi connectivity index (χ2n) is 5.69. The van der Waals surface area contributed by atoms with Crippen LogP contribution in [-0.2, 0) is 21.1 Å². The third kappa shape index (κ3) is 5.02. The van der Waals surface area contributed by atoms with Gasteiger partial charge in [-0.05, 0) is 24.3 Å². The third-order valence-corrected chi connectivity index (χ3v) is 3.77. The van der Waals surface area contributed by atoms with E-state index in [9.17, 15) is 0 Å². The standard InChI is InChI=1S/C22H16N4.Pt/c1-3-13-23-17(7-1)15-19-9-5-11-21(25-19)22-12-6-10-20(26-22)16-18-8-2-4-14-24-18;/h1-16H;/q-2;+2/b17-15-,20-16-;. The van der Waals surface area contributed by atoms with Crippen LogP contribution >= 0.6 is 0 Å². The second-order valence-corrected chi connectivity index (χ2v) is 5.69. The number of aromatic nitrogens is 2. The van der Waals surface area contributed by atoms with Crippen LogP contribution in [-0.4, -0.2) is 9.97 Å². The molecule has 2 aromatic heterocycles. The smallest absolute Gasteiger partial charge is 0.664 e. The molecule has 0 aromatic carbocycles. The normalized spacial score (nSPS) is 17.9. The number of pyridine rings is 2. The van der Waals surface area contributed by atoms with E-state index in [1.54, 1.807) is 12.4 Å². The maximum Gasteiger partial charge on any atom is 2.00 e. The average molecular weight is 531 g/mol. The van der Waals surface area contributed by atoms with Gasteiger partial charge in [-0.15, -0.1) is 17.1 Å². The van der Waals surface area contributed by atoms with Crippen LogP contribution in [0.2, 0.25) is 0 Å². The Morgan fingerprint density at radius 2 is 1.67 bits per heavy atom. The molecule has 0 N–H and O–H groups in total. The van der Waals surface area contributed by atoms with Crippen molar-refractivity contribution < 1.29 is 21.1 Å². The van der Waals surface area contributed by atoms with Crippen molar-refractivity contribution in [2.24, 2.45) is 0 Å². The molecule has 0 saturated heterocycles. The van der Waals surface area contributed by atoms with Gasteiger partial charge >= 0.3 is 21.1 Å². The minimum Gasteiger partial charge on any atom is -0.664 e. The number of hydrogen-bond acceptors (Lipinski definition) is 2. The Morgan fingerprint density at radius 3 is 2.48 bits per heavy atom. The van der Waals surface area contributed by atoms with Crippen LogP contribution in [0.25, 0.3) is 28.5 Å². The summed E-state index contributed by atoms with van der Waals surface area (Å²) in [6.07, 6.45) is 19.2. The van der Waals surface area contributed by atoms with Gasteiger partial charge in [-0.2, -0.15) is 6.20 Å². The second kappa shape index (κ2) is 9.11. The van der Waals surface area contributed by atoms with Gasteiger partial charge in [0.2, 0.25) is 0 Å². The van der Waals surface area contributed by atoms with Gasteiger partial charge in [-0.3, -0.25) is 9.97 Å². The summed E-state index contributed by atoms with van der Waals surface area (Å²) in [6.45, 7) is 0. The summed E-state index contributed by atoms with van der Waals surface area (Å²) in [5.41, 5.74) is 5.10. The predicted molar refractivity (Wildman–Crippen MR) is 107 cm³/mol. The van der Waals surface area contributed by atoms with E-state index >= 15 is 0 Å². The van der Waals surface area contributed by atoms with Gasteiger partial charge in [0.1, 0.15) is 0 Å². The Kier molecular flexibility index (Phi) is 6.34. The minimum atomic E-state index is 0. The van der Waals surface area contributed by atoms with Crippen molar-refractivity contribution in [1.82, 2.24) is 9.97 Å². The molecule has 0 atom stereocenters. The third-order valence-electron chi connectivity index (χ3n) is 3.77. The first kappa shape index (κ1) is 18.8. The summed E-state index contributed by atoms with van der Waals surface area (Å²) < 4.78 is 0. The Morgan fingerprint density at radius 1 is 0.815 bits per heavy atom. The molecule has 4 heterocycles. The van der Waals surface area contributed by atoms with Crippen LogP contribution in [0.4, 0.5) is 0 Å². The van der Waals surface area contributed by atoms with Crippen LogP contribution in [0.1, 0.15) is 17.1 Å². The zero-order valence-electron chi connectivity index (χ0n) is 14.3. The van der Waals surface area contributed by atoms with E-state index in [1.807, 2.05) is 85.0 Å². The summed E-state index contributed by atoms with van der Waals surface area (Å²) in [6, 6.07) is 11.7. The fraction of sp³-hybridized carbons (Fsp3) is 0. The van der Waals surface area contributed by atoms with Gasteiger partial charge in [0, 0.05) is 11.9 Å². The predicted octanol–water partition coefficient (Wildman–Crippen LogP) is 5.60. The van der Waals surface area contributed by atoms with Crippen molar-refractivity contribution in [2.45, 2.75) is 0 Å². The van der Waals surface area contributed by atoms with E-state index in [4.69, 9.17) is 10.3 Å². The van der Waals surface area contributed by atoms with Gasteiger partial charge < -0.3 is 10.6 Å². The zero-order chi connectivity index (χ0) is 17.6. The van der Waals surface area contributed by atoms with E-state index in [2.05, 4.69) is 10.3 Å². The molecule has 4 nitrogen and oxygen atoms in total. The average Bonchev–Trinajstić information content (AvgIpc) is 2.70. The van der Waals surface area contributed by atoms with Crippen molar-refractivity contribution >= 4 is 17.8 Å². The molecule has 134 valence electrons. The van der Waals surface area contributed by atoms with E-state index in [1.165, 1.54) is 0 Å². The molecular formula is C22H16N4Pt. The largest absolute Gasteiger partial charge is 2.00 e. The number of hydrogen-bond donors (Lipinski definition) is 0. The molecule has 0 saturated carbocycles. The van der Waals surface area contributed by atoms with Crippen molar-refractivity contribution in [3.05, 3.63) is 124 Å². The molecule has 27 heavy (non-hydrogen) atoms. The Balaban J connectivity index is 0.00000210. The van der Waals surface area contributed by atoms with Gasteiger partial charge in [-0.1, -0.05) is 60.7 Å². The van der Waals surface area contributed by atoms with Gasteiger partial charge in [0.15, 0.2) is 0 Å².